The van der Waals surface area contributed by atoms with E-state index in [1.807, 2.05) is 6.07 Å². The Hall–Kier alpha value is -3.24. The van der Waals surface area contributed by atoms with Gasteiger partial charge in [-0.25, -0.2) is 0 Å². The first-order valence-electron chi connectivity index (χ1n) is 13.0. The predicted octanol–water partition coefficient (Wildman–Crippen LogP) is 6.33. The van der Waals surface area contributed by atoms with Gasteiger partial charge in [0, 0.05) is 18.8 Å². The molecule has 0 saturated carbocycles. The van der Waals surface area contributed by atoms with E-state index in [0.717, 1.165) is 57.0 Å². The number of piperidine rings is 1. The summed E-state index contributed by atoms with van der Waals surface area (Å²) in [4.78, 5) is 7.31. The van der Waals surface area contributed by atoms with Crippen molar-refractivity contribution >= 4 is 0 Å². The largest absolute Gasteiger partial charge is 0.339 e. The predicted molar refractivity (Wildman–Crippen MR) is 140 cm³/mol. The number of aromatic nitrogens is 2. The second-order valence-corrected chi connectivity index (χ2v) is 9.74. The number of benzene rings is 3. The summed E-state index contributed by atoms with van der Waals surface area (Å²) in [6, 6.07) is 32.4. The summed E-state index contributed by atoms with van der Waals surface area (Å²) in [5.41, 5.74) is 4.13. The Bertz CT molecular complexity index is 1100. The van der Waals surface area contributed by atoms with Gasteiger partial charge in [0.05, 0.1) is 0 Å². The third kappa shape index (κ3) is 6.67. The summed E-state index contributed by atoms with van der Waals surface area (Å²) >= 11 is 0. The maximum Gasteiger partial charge on any atom is 0.226 e. The zero-order chi connectivity index (χ0) is 23.7. The van der Waals surface area contributed by atoms with Crippen LogP contribution in [0, 0.1) is 5.92 Å². The normalized spacial score (nSPS) is 15.0. The quantitative estimate of drug-likeness (QED) is 0.274. The van der Waals surface area contributed by atoms with Crippen molar-refractivity contribution in [2.75, 3.05) is 19.6 Å². The van der Waals surface area contributed by atoms with E-state index in [4.69, 9.17) is 4.52 Å². The van der Waals surface area contributed by atoms with E-state index in [2.05, 4.69) is 100.0 Å². The Morgan fingerprint density at radius 2 is 1.37 bits per heavy atom. The maximum atomic E-state index is 5.58. The molecule has 4 aromatic rings. The number of aryl methyl sites for hydroxylation is 2. The van der Waals surface area contributed by atoms with Crippen molar-refractivity contribution in [2.24, 2.45) is 5.92 Å². The maximum absolute atomic E-state index is 5.58. The van der Waals surface area contributed by atoms with Crippen molar-refractivity contribution in [1.82, 2.24) is 15.0 Å². The summed E-state index contributed by atoms with van der Waals surface area (Å²) < 4.78 is 5.58. The van der Waals surface area contributed by atoms with Gasteiger partial charge >= 0.3 is 0 Å². The molecule has 5 rings (SSSR count). The average Bonchev–Trinajstić information content (AvgIpc) is 3.37. The molecule has 0 unspecified atom stereocenters. The molecule has 1 aliphatic heterocycles. The van der Waals surface area contributed by atoms with Crippen LogP contribution in [0.5, 0.6) is 0 Å². The monoisotopic (exact) mass is 465 g/mol. The minimum atomic E-state index is 0.447. The molecule has 1 aromatic heterocycles. The topological polar surface area (TPSA) is 42.2 Å². The Morgan fingerprint density at radius 3 is 2.00 bits per heavy atom. The van der Waals surface area contributed by atoms with Crippen LogP contribution in [0.25, 0.3) is 0 Å². The van der Waals surface area contributed by atoms with Gasteiger partial charge < -0.3 is 9.42 Å². The molecular weight excluding hydrogens is 430 g/mol. The first-order chi connectivity index (χ1) is 17.3. The van der Waals surface area contributed by atoms with Crippen LogP contribution in [0.4, 0.5) is 0 Å². The molecule has 0 atom stereocenters. The van der Waals surface area contributed by atoms with E-state index in [0.29, 0.717) is 11.8 Å². The number of hydrogen-bond acceptors (Lipinski definition) is 4. The molecule has 1 saturated heterocycles. The molecule has 0 radical (unpaired) electrons. The minimum Gasteiger partial charge on any atom is -0.339 e. The number of likely N-dealkylation sites (tertiary alicyclic amines) is 1. The number of hydrogen-bond donors (Lipinski definition) is 0. The van der Waals surface area contributed by atoms with E-state index >= 15 is 0 Å². The molecule has 1 aliphatic rings. The van der Waals surface area contributed by atoms with Crippen LogP contribution in [-0.4, -0.2) is 34.7 Å². The second kappa shape index (κ2) is 11.9. The Morgan fingerprint density at radius 1 is 0.771 bits per heavy atom. The van der Waals surface area contributed by atoms with Crippen LogP contribution in [-0.2, 0) is 19.3 Å². The first kappa shape index (κ1) is 23.5. The van der Waals surface area contributed by atoms with Gasteiger partial charge in [0.1, 0.15) is 0 Å². The summed E-state index contributed by atoms with van der Waals surface area (Å²) in [7, 11) is 0. The lowest BCUT2D eigenvalue weighted by atomic mass is 9.87. The van der Waals surface area contributed by atoms with Crippen LogP contribution in [0.3, 0.4) is 0 Å². The zero-order valence-electron chi connectivity index (χ0n) is 20.4. The van der Waals surface area contributed by atoms with Gasteiger partial charge in [-0.15, -0.1) is 0 Å². The number of nitrogens with zero attached hydrogens (tertiary/aromatic N) is 3. The van der Waals surface area contributed by atoms with Gasteiger partial charge in [0.25, 0.3) is 0 Å². The molecule has 0 aliphatic carbocycles. The fourth-order valence-electron chi connectivity index (χ4n) is 5.24. The van der Waals surface area contributed by atoms with Crippen LogP contribution in [0.15, 0.2) is 95.5 Å². The zero-order valence-corrected chi connectivity index (χ0v) is 20.4. The summed E-state index contributed by atoms with van der Waals surface area (Å²) in [6.07, 6.45) is 6.23. The lowest BCUT2D eigenvalue weighted by Gasteiger charge is -2.32. The van der Waals surface area contributed by atoms with Crippen molar-refractivity contribution in [2.45, 2.75) is 44.4 Å². The van der Waals surface area contributed by atoms with Crippen molar-refractivity contribution < 1.29 is 4.52 Å². The second-order valence-electron chi connectivity index (χ2n) is 9.74. The van der Waals surface area contributed by atoms with E-state index in [1.165, 1.54) is 29.5 Å². The molecule has 2 heterocycles. The van der Waals surface area contributed by atoms with E-state index in [1.54, 1.807) is 0 Å². The van der Waals surface area contributed by atoms with Crippen LogP contribution >= 0.6 is 0 Å². The molecule has 0 bridgehead atoms. The lowest BCUT2D eigenvalue weighted by molar-refractivity contribution is 0.174. The van der Waals surface area contributed by atoms with Gasteiger partial charge in [0.15, 0.2) is 5.82 Å². The Kier molecular flexibility index (Phi) is 8.02. The number of rotatable bonds is 10. The summed E-state index contributed by atoms with van der Waals surface area (Å²) in [5, 5.41) is 4.22. The third-order valence-electron chi connectivity index (χ3n) is 7.30. The van der Waals surface area contributed by atoms with E-state index in [9.17, 15) is 0 Å². The fourth-order valence-corrected chi connectivity index (χ4v) is 5.24. The van der Waals surface area contributed by atoms with Gasteiger partial charge in [-0.05, 0) is 67.9 Å². The summed E-state index contributed by atoms with van der Waals surface area (Å²) in [5.74, 6) is 2.71. The van der Waals surface area contributed by atoms with E-state index in [-0.39, 0.29) is 0 Å². The highest BCUT2D eigenvalue weighted by atomic mass is 16.5. The third-order valence-corrected chi connectivity index (χ3v) is 7.30. The molecule has 180 valence electrons. The van der Waals surface area contributed by atoms with Crippen molar-refractivity contribution in [1.29, 1.82) is 0 Å². The van der Waals surface area contributed by atoms with Gasteiger partial charge in [0.2, 0.25) is 5.89 Å². The minimum absolute atomic E-state index is 0.447. The molecule has 4 nitrogen and oxygen atoms in total. The lowest BCUT2D eigenvalue weighted by Crippen LogP contribution is -2.35. The molecule has 1 fully saturated rings. The highest BCUT2D eigenvalue weighted by Gasteiger charge is 2.23. The SMILES string of the molecule is c1ccc(CCc2noc(CC3CCN(CCC(c4ccccc4)c4ccccc4)CC3)n2)cc1. The molecule has 0 N–H and O–H groups in total. The van der Waals surface area contributed by atoms with Crippen LogP contribution in [0.1, 0.15) is 53.6 Å². The Balaban J connectivity index is 1.09. The van der Waals surface area contributed by atoms with Crippen LogP contribution < -0.4 is 0 Å². The summed E-state index contributed by atoms with van der Waals surface area (Å²) in [6.45, 7) is 3.43. The smallest absolute Gasteiger partial charge is 0.226 e. The molecule has 35 heavy (non-hydrogen) atoms. The highest BCUT2D eigenvalue weighted by Crippen LogP contribution is 2.29. The van der Waals surface area contributed by atoms with E-state index < -0.39 is 0 Å². The van der Waals surface area contributed by atoms with Gasteiger partial charge in [-0.2, -0.15) is 4.98 Å². The molecule has 4 heteroatoms. The Labute approximate surface area is 209 Å². The van der Waals surface area contributed by atoms with Crippen molar-refractivity contribution in [3.63, 3.8) is 0 Å². The molecular formula is C31H35N3O. The van der Waals surface area contributed by atoms with Gasteiger partial charge in [-0.3, -0.25) is 0 Å². The van der Waals surface area contributed by atoms with Crippen molar-refractivity contribution in [3.8, 4) is 0 Å². The molecule has 0 spiro atoms. The average molecular weight is 466 g/mol. The highest BCUT2D eigenvalue weighted by molar-refractivity contribution is 5.32. The van der Waals surface area contributed by atoms with Gasteiger partial charge in [-0.1, -0.05) is 96.2 Å². The first-order valence-corrected chi connectivity index (χ1v) is 13.0. The molecule has 3 aromatic carbocycles. The van der Waals surface area contributed by atoms with Crippen LogP contribution in [0.2, 0.25) is 0 Å². The van der Waals surface area contributed by atoms with Crippen molar-refractivity contribution in [3.05, 3.63) is 119 Å². The fraction of sp³-hybridized carbons (Fsp3) is 0.355. The molecule has 0 amide bonds. The standard InChI is InChI=1S/C31H35N3O/c1-4-10-25(11-5-1)16-17-30-32-31(35-33-30)24-26-18-21-34(22-19-26)23-20-29(27-12-6-2-7-13-27)28-14-8-3-9-15-28/h1-15,26,29H,16-24H2.